The maximum atomic E-state index is 12.4. The summed E-state index contributed by atoms with van der Waals surface area (Å²) in [6.45, 7) is 3.57. The van der Waals surface area contributed by atoms with Crippen molar-refractivity contribution in [1.29, 1.82) is 0 Å². The Morgan fingerprint density at radius 1 is 1.24 bits per heavy atom. The number of ketones is 1. The van der Waals surface area contributed by atoms with E-state index in [-0.39, 0.29) is 28.4 Å². The topological polar surface area (TPSA) is 101 Å². The van der Waals surface area contributed by atoms with Crippen LogP contribution in [0.3, 0.4) is 0 Å². The number of likely N-dealkylation sites (tertiary alicyclic amines) is 1. The number of nitrogens with one attached hydrogen (secondary N) is 1. The van der Waals surface area contributed by atoms with Crippen molar-refractivity contribution < 1.29 is 17.9 Å². The van der Waals surface area contributed by atoms with E-state index in [4.69, 9.17) is 27.9 Å². The first-order valence-electron chi connectivity index (χ1n) is 10.9. The molecule has 1 atom stereocenters. The van der Waals surface area contributed by atoms with Crippen LogP contribution in [-0.4, -0.2) is 62.6 Å². The second kappa shape index (κ2) is 10.4. The molecule has 11 heteroatoms. The summed E-state index contributed by atoms with van der Waals surface area (Å²) < 4.78 is 33.4. The van der Waals surface area contributed by atoms with Crippen LogP contribution in [0.1, 0.15) is 19.8 Å². The molecule has 180 valence electrons. The molecular weight excluding hydrogens is 499 g/mol. The Balaban J connectivity index is 1.47. The summed E-state index contributed by atoms with van der Waals surface area (Å²) >= 11 is 12.6. The van der Waals surface area contributed by atoms with Crippen molar-refractivity contribution >= 4 is 45.2 Å². The van der Waals surface area contributed by atoms with Gasteiger partial charge in [0.05, 0.1) is 17.1 Å². The number of pyridine rings is 1. The van der Waals surface area contributed by atoms with Crippen LogP contribution < -0.4 is 9.46 Å². The fraction of sp³-hybridized carbons (Fsp3) is 0.348. The molecule has 0 amide bonds. The molecule has 0 saturated carbocycles. The number of rotatable bonds is 8. The summed E-state index contributed by atoms with van der Waals surface area (Å²) in [4.78, 5) is 22.3. The number of hydrogen-bond acceptors (Lipinski definition) is 7. The number of aliphatic imine (C=N–C) groups is 1. The van der Waals surface area contributed by atoms with E-state index in [0.717, 1.165) is 12.0 Å². The van der Waals surface area contributed by atoms with E-state index in [2.05, 4.69) is 14.7 Å². The molecule has 3 heterocycles. The highest BCUT2D eigenvalue weighted by Gasteiger charge is 2.29. The molecule has 2 aliphatic heterocycles. The number of aromatic nitrogens is 1. The van der Waals surface area contributed by atoms with Gasteiger partial charge in [0.15, 0.2) is 5.78 Å². The van der Waals surface area contributed by atoms with Crippen LogP contribution in [0.4, 0.5) is 0 Å². The maximum Gasteiger partial charge on any atom is 0.240 e. The average molecular weight is 523 g/mol. The molecule has 2 aliphatic rings. The standard InChI is InChI=1S/C23H24Cl2N4O4S/c1-2-7-28-34(31,32)17-3-4-18(19(24)11-17)15-5-8-27-22(10-15)33-16-6-9-29(14-16)20-12-26-13-21(30)23(20)25/h3-5,8,10-12,16,28H,2,6-7,9,13-14H2,1H3/t16-/m1/s1. The Labute approximate surface area is 208 Å². The van der Waals surface area contributed by atoms with E-state index in [1.807, 2.05) is 11.8 Å². The fourth-order valence-corrected chi connectivity index (χ4v) is 5.52. The molecule has 2 aromatic rings. The van der Waals surface area contributed by atoms with Crippen LogP contribution in [0.5, 0.6) is 5.88 Å². The van der Waals surface area contributed by atoms with Gasteiger partial charge < -0.3 is 9.64 Å². The van der Waals surface area contributed by atoms with Crippen LogP contribution in [0, 0.1) is 0 Å². The molecule has 1 aromatic heterocycles. The molecule has 1 saturated heterocycles. The minimum atomic E-state index is -3.61. The van der Waals surface area contributed by atoms with Gasteiger partial charge in [0, 0.05) is 48.6 Å². The smallest absolute Gasteiger partial charge is 0.240 e. The van der Waals surface area contributed by atoms with Crippen LogP contribution >= 0.6 is 23.2 Å². The number of sulfonamides is 1. The van der Waals surface area contributed by atoms with E-state index >= 15 is 0 Å². The number of nitrogens with zero attached hydrogens (tertiary/aromatic N) is 3. The largest absolute Gasteiger partial charge is 0.472 e. The lowest BCUT2D eigenvalue weighted by molar-refractivity contribution is -0.113. The van der Waals surface area contributed by atoms with Crippen molar-refractivity contribution in [3.8, 4) is 17.0 Å². The van der Waals surface area contributed by atoms with Gasteiger partial charge in [-0.15, -0.1) is 0 Å². The molecule has 0 bridgehead atoms. The van der Waals surface area contributed by atoms with Crippen LogP contribution in [0.2, 0.25) is 5.02 Å². The Bertz CT molecular complexity index is 1260. The number of carbonyl (C=O) groups excluding carboxylic acids is 1. The Hall–Kier alpha value is -2.46. The van der Waals surface area contributed by atoms with Crippen molar-refractivity contribution in [2.24, 2.45) is 4.99 Å². The zero-order chi connectivity index (χ0) is 24.3. The number of benzene rings is 1. The van der Waals surface area contributed by atoms with Gasteiger partial charge in [-0.2, -0.15) is 0 Å². The van der Waals surface area contributed by atoms with Crippen molar-refractivity contribution in [1.82, 2.24) is 14.6 Å². The Morgan fingerprint density at radius 2 is 2.06 bits per heavy atom. The van der Waals surface area contributed by atoms with Crippen molar-refractivity contribution in [2.45, 2.75) is 30.8 Å². The lowest BCUT2D eigenvalue weighted by Gasteiger charge is -2.22. The van der Waals surface area contributed by atoms with Crippen molar-refractivity contribution in [3.63, 3.8) is 0 Å². The highest BCUT2D eigenvalue weighted by atomic mass is 35.5. The lowest BCUT2D eigenvalue weighted by Crippen LogP contribution is -2.28. The lowest BCUT2D eigenvalue weighted by atomic mass is 10.1. The summed E-state index contributed by atoms with van der Waals surface area (Å²) in [6.07, 6.45) is 4.54. The van der Waals surface area contributed by atoms with Gasteiger partial charge in [-0.1, -0.05) is 36.2 Å². The summed E-state index contributed by atoms with van der Waals surface area (Å²) in [5, 5.41) is 0.521. The quantitative estimate of drug-likeness (QED) is 0.567. The number of ether oxygens (including phenoxy) is 1. The predicted octanol–water partition coefficient (Wildman–Crippen LogP) is 3.65. The van der Waals surface area contributed by atoms with Gasteiger partial charge in [-0.25, -0.2) is 18.1 Å². The van der Waals surface area contributed by atoms with Crippen molar-refractivity contribution in [3.05, 3.63) is 52.3 Å². The molecule has 0 radical (unpaired) electrons. The number of halogens is 2. The highest BCUT2D eigenvalue weighted by Crippen LogP contribution is 2.32. The molecule has 0 spiro atoms. The second-order valence-corrected chi connectivity index (χ2v) is 10.5. The van der Waals surface area contributed by atoms with E-state index in [9.17, 15) is 13.2 Å². The highest BCUT2D eigenvalue weighted by molar-refractivity contribution is 7.89. The number of carbonyl (C=O) groups is 1. The van der Waals surface area contributed by atoms with E-state index in [0.29, 0.717) is 48.2 Å². The molecule has 1 fully saturated rings. The van der Waals surface area contributed by atoms with Crippen molar-refractivity contribution in [2.75, 3.05) is 26.2 Å². The molecule has 0 unspecified atom stereocenters. The number of dihydropyridines is 1. The first-order chi connectivity index (χ1) is 16.3. The van der Waals surface area contributed by atoms with E-state index in [1.54, 1.807) is 30.6 Å². The Kier molecular flexibility index (Phi) is 7.57. The zero-order valence-electron chi connectivity index (χ0n) is 18.5. The molecule has 4 rings (SSSR count). The average Bonchev–Trinajstić information content (AvgIpc) is 3.27. The number of hydrogen-bond donors (Lipinski definition) is 1. The predicted molar refractivity (Wildman–Crippen MR) is 132 cm³/mol. The summed E-state index contributed by atoms with van der Waals surface area (Å²) in [7, 11) is -3.61. The molecule has 1 N–H and O–H groups in total. The minimum absolute atomic E-state index is 0.0809. The summed E-state index contributed by atoms with van der Waals surface area (Å²) in [6, 6.07) is 8.19. The first kappa shape index (κ1) is 24.7. The molecule has 34 heavy (non-hydrogen) atoms. The summed E-state index contributed by atoms with van der Waals surface area (Å²) in [5.74, 6) is 0.241. The molecular formula is C23H24Cl2N4O4S. The fourth-order valence-electron chi connectivity index (χ4n) is 3.78. The Morgan fingerprint density at radius 3 is 2.82 bits per heavy atom. The van der Waals surface area contributed by atoms with Gasteiger partial charge in [0.2, 0.25) is 15.9 Å². The van der Waals surface area contributed by atoms with Gasteiger partial charge in [0.25, 0.3) is 0 Å². The number of Topliss-reactive ketones (excluding diaryl/α,β-unsaturated/α-hetero) is 1. The van der Waals surface area contributed by atoms with E-state index in [1.165, 1.54) is 12.1 Å². The van der Waals surface area contributed by atoms with Gasteiger partial charge >= 0.3 is 0 Å². The van der Waals surface area contributed by atoms with E-state index < -0.39 is 10.0 Å². The SMILES string of the molecule is CCCNS(=O)(=O)c1ccc(-c2ccnc(O[C@@H]3CCN(C4=C(Cl)C(=O)CN=C4)C3)c2)c(Cl)c1. The second-order valence-electron chi connectivity index (χ2n) is 7.99. The molecule has 0 aliphatic carbocycles. The van der Waals surface area contributed by atoms with Crippen LogP contribution in [-0.2, 0) is 14.8 Å². The van der Waals surface area contributed by atoms with Gasteiger partial charge in [0.1, 0.15) is 17.7 Å². The maximum absolute atomic E-state index is 12.4. The first-order valence-corrected chi connectivity index (χ1v) is 13.1. The summed E-state index contributed by atoms with van der Waals surface area (Å²) in [5.41, 5.74) is 2.05. The zero-order valence-corrected chi connectivity index (χ0v) is 20.8. The van der Waals surface area contributed by atoms with Gasteiger partial charge in [-0.05, 0) is 30.2 Å². The third kappa shape index (κ3) is 5.43. The normalized spacial score (nSPS) is 18.6. The van der Waals surface area contributed by atoms with Crippen LogP contribution in [0.15, 0.2) is 57.1 Å². The third-order valence-corrected chi connectivity index (χ3v) is 7.71. The third-order valence-electron chi connectivity index (χ3n) is 5.53. The number of allylic oxidation sites excluding steroid dienone is 1. The molecule has 8 nitrogen and oxygen atoms in total. The molecule has 1 aromatic carbocycles. The van der Waals surface area contributed by atoms with Gasteiger partial charge in [-0.3, -0.25) is 9.79 Å². The minimum Gasteiger partial charge on any atom is -0.472 e. The monoisotopic (exact) mass is 522 g/mol. The van der Waals surface area contributed by atoms with Crippen LogP contribution in [0.25, 0.3) is 11.1 Å².